The highest BCUT2D eigenvalue weighted by atomic mass is 32.1. The van der Waals surface area contributed by atoms with Crippen LogP contribution in [-0.2, 0) is 0 Å². The summed E-state index contributed by atoms with van der Waals surface area (Å²) in [5.41, 5.74) is 7.33. The molecular weight excluding hydrogens is 465 g/mol. The Labute approximate surface area is 193 Å². The molecule has 0 atom stereocenters. The van der Waals surface area contributed by atoms with Crippen LogP contribution >= 0.6 is 22.7 Å². The van der Waals surface area contributed by atoms with Gasteiger partial charge in [0.25, 0.3) is 11.8 Å². The number of nitrogens with two attached hydrogens (primary N) is 1. The van der Waals surface area contributed by atoms with Crippen molar-refractivity contribution >= 4 is 39.6 Å². The van der Waals surface area contributed by atoms with Crippen LogP contribution in [0.1, 0.15) is 21.1 Å². The van der Waals surface area contributed by atoms with Gasteiger partial charge in [-0.05, 0) is 41.8 Å². The number of rotatable bonds is 6. The highest BCUT2D eigenvalue weighted by Crippen LogP contribution is 2.28. The van der Waals surface area contributed by atoms with E-state index in [0.717, 1.165) is 4.88 Å². The van der Waals surface area contributed by atoms with Crippen LogP contribution in [-0.4, -0.2) is 36.5 Å². The third-order valence-corrected chi connectivity index (χ3v) is 6.22. The van der Waals surface area contributed by atoms with Crippen LogP contribution in [0.3, 0.4) is 0 Å². The van der Waals surface area contributed by atoms with Crippen LogP contribution in [0.25, 0.3) is 27.6 Å². The van der Waals surface area contributed by atoms with Gasteiger partial charge in [-0.1, -0.05) is 6.07 Å². The van der Waals surface area contributed by atoms with Crippen molar-refractivity contribution in [3.05, 3.63) is 76.8 Å². The minimum atomic E-state index is -0.575. The van der Waals surface area contributed by atoms with Gasteiger partial charge in [0.2, 0.25) is 5.82 Å². The molecule has 12 heteroatoms. The molecule has 4 aromatic heterocycles. The van der Waals surface area contributed by atoms with Gasteiger partial charge in [-0.15, -0.1) is 27.8 Å². The van der Waals surface area contributed by atoms with Gasteiger partial charge in [0.05, 0.1) is 16.3 Å². The highest BCUT2D eigenvalue weighted by molar-refractivity contribution is 7.14. The molecule has 0 bridgehead atoms. The maximum atomic E-state index is 13.4. The average Bonchev–Trinajstić information content (AvgIpc) is 3.60. The van der Waals surface area contributed by atoms with E-state index in [0.29, 0.717) is 27.9 Å². The number of carbonyl (C=O) groups excluding carboxylic acids is 2. The van der Waals surface area contributed by atoms with E-state index < -0.39 is 11.8 Å². The zero-order chi connectivity index (χ0) is 22.9. The summed E-state index contributed by atoms with van der Waals surface area (Å²) in [6, 6.07) is 11.1. The minimum Gasteiger partial charge on any atom is -0.364 e. The molecule has 4 heterocycles. The van der Waals surface area contributed by atoms with E-state index in [1.807, 2.05) is 17.5 Å². The lowest BCUT2D eigenvalue weighted by atomic mass is 10.2. The van der Waals surface area contributed by atoms with E-state index in [9.17, 15) is 14.0 Å². The van der Waals surface area contributed by atoms with Gasteiger partial charge in [0.15, 0.2) is 11.0 Å². The standard InChI is InChI=1S/C21H14FN7O2S2/c22-12-3-5-13(6-4-12)29-19(16-2-1-7-32-16)26-18(28-29)20(31)27-21-25-15(10-33-21)11-8-14(17(23)30)24-9-11/h1-10,24H,(H2,23,30)(H,25,27,31). The van der Waals surface area contributed by atoms with E-state index >= 15 is 0 Å². The zero-order valence-electron chi connectivity index (χ0n) is 16.7. The number of hydrogen-bond acceptors (Lipinski definition) is 7. The topological polar surface area (TPSA) is 132 Å². The Morgan fingerprint density at radius 2 is 1.94 bits per heavy atom. The molecule has 0 saturated carbocycles. The number of carbonyl (C=O) groups is 2. The molecule has 0 aliphatic heterocycles. The Hall–Kier alpha value is -4.16. The molecule has 0 unspecified atom stereocenters. The average molecular weight is 480 g/mol. The van der Waals surface area contributed by atoms with Crippen molar-refractivity contribution in [2.45, 2.75) is 0 Å². The number of benzene rings is 1. The van der Waals surface area contributed by atoms with Gasteiger partial charge >= 0.3 is 0 Å². The first-order valence-electron chi connectivity index (χ1n) is 9.50. The van der Waals surface area contributed by atoms with Gasteiger partial charge < -0.3 is 10.7 Å². The second-order valence-electron chi connectivity index (χ2n) is 6.78. The molecule has 5 rings (SSSR count). The lowest BCUT2D eigenvalue weighted by Crippen LogP contribution is -2.14. The van der Waals surface area contributed by atoms with Crippen LogP contribution in [0.15, 0.2) is 59.4 Å². The molecule has 9 nitrogen and oxygen atoms in total. The van der Waals surface area contributed by atoms with Crippen LogP contribution in [0.5, 0.6) is 0 Å². The lowest BCUT2D eigenvalue weighted by Gasteiger charge is -2.03. The van der Waals surface area contributed by atoms with Crippen LogP contribution in [0.4, 0.5) is 9.52 Å². The number of nitrogens with one attached hydrogen (secondary N) is 2. The molecule has 1 aromatic carbocycles. The second-order valence-corrected chi connectivity index (χ2v) is 8.59. The smallest absolute Gasteiger partial charge is 0.297 e. The number of primary amides is 1. The summed E-state index contributed by atoms with van der Waals surface area (Å²) in [4.78, 5) is 36.5. The van der Waals surface area contributed by atoms with E-state index in [1.165, 1.54) is 39.5 Å². The van der Waals surface area contributed by atoms with Gasteiger partial charge in [-0.25, -0.2) is 19.0 Å². The first kappa shape index (κ1) is 20.7. The van der Waals surface area contributed by atoms with Gasteiger partial charge in [0, 0.05) is 17.1 Å². The summed E-state index contributed by atoms with van der Waals surface area (Å²) in [6.07, 6.45) is 1.61. The first-order chi connectivity index (χ1) is 16.0. The predicted octanol–water partition coefficient (Wildman–Crippen LogP) is 3.94. The number of H-pyrrole nitrogens is 1. The molecule has 0 saturated heterocycles. The Morgan fingerprint density at radius 1 is 1.12 bits per heavy atom. The predicted molar refractivity (Wildman–Crippen MR) is 123 cm³/mol. The minimum absolute atomic E-state index is 0.0582. The van der Waals surface area contributed by atoms with Crippen molar-refractivity contribution in [1.29, 1.82) is 0 Å². The lowest BCUT2D eigenvalue weighted by molar-refractivity contribution is 0.0993. The molecule has 0 aliphatic carbocycles. The second kappa shape index (κ2) is 8.41. The summed E-state index contributed by atoms with van der Waals surface area (Å²) in [5, 5.41) is 11.0. The fourth-order valence-corrected chi connectivity index (χ4v) is 4.45. The van der Waals surface area contributed by atoms with Crippen LogP contribution in [0.2, 0.25) is 0 Å². The highest BCUT2D eigenvalue weighted by Gasteiger charge is 2.21. The molecule has 5 aromatic rings. The van der Waals surface area contributed by atoms with Gasteiger partial charge in [-0.2, -0.15) is 0 Å². The van der Waals surface area contributed by atoms with Crippen molar-refractivity contribution in [2.75, 3.05) is 5.32 Å². The number of halogens is 1. The summed E-state index contributed by atoms with van der Waals surface area (Å²) >= 11 is 2.66. The summed E-state index contributed by atoms with van der Waals surface area (Å²) < 4.78 is 14.9. The van der Waals surface area contributed by atoms with Crippen molar-refractivity contribution < 1.29 is 14.0 Å². The number of hydrogen-bond donors (Lipinski definition) is 3. The largest absolute Gasteiger partial charge is 0.364 e. The summed E-state index contributed by atoms with van der Waals surface area (Å²) in [5.74, 6) is -1.08. The van der Waals surface area contributed by atoms with Crippen LogP contribution in [0, 0.1) is 5.82 Å². The number of anilines is 1. The number of aromatic nitrogens is 5. The maximum Gasteiger partial charge on any atom is 0.297 e. The Bertz CT molecular complexity index is 1450. The number of thiophene rings is 1. The number of amides is 2. The van der Waals surface area contributed by atoms with E-state index in [2.05, 4.69) is 25.4 Å². The molecular formula is C21H14FN7O2S2. The zero-order valence-corrected chi connectivity index (χ0v) is 18.3. The Kier molecular flexibility index (Phi) is 5.28. The fraction of sp³-hybridized carbons (Fsp3) is 0. The van der Waals surface area contributed by atoms with Crippen molar-refractivity contribution in [3.8, 4) is 27.6 Å². The summed E-state index contributed by atoms with van der Waals surface area (Å²) in [6.45, 7) is 0. The molecule has 0 fully saturated rings. The van der Waals surface area contributed by atoms with E-state index in [1.54, 1.807) is 29.8 Å². The number of thiazole rings is 1. The number of aromatic amines is 1. The SMILES string of the molecule is NC(=O)c1cc(-c2csc(NC(=O)c3nc(-c4cccs4)n(-c4ccc(F)cc4)n3)n2)c[nH]1. The van der Waals surface area contributed by atoms with E-state index in [4.69, 9.17) is 5.73 Å². The fourth-order valence-electron chi connectivity index (χ4n) is 3.04. The molecule has 0 aliphatic rings. The Morgan fingerprint density at radius 3 is 2.64 bits per heavy atom. The molecule has 2 amide bonds. The van der Waals surface area contributed by atoms with E-state index in [-0.39, 0.29) is 17.3 Å². The first-order valence-corrected chi connectivity index (χ1v) is 11.3. The quantitative estimate of drug-likeness (QED) is 0.339. The maximum absolute atomic E-state index is 13.4. The molecule has 33 heavy (non-hydrogen) atoms. The van der Waals surface area contributed by atoms with Crippen molar-refractivity contribution in [3.63, 3.8) is 0 Å². The molecule has 4 N–H and O–H groups in total. The Balaban J connectivity index is 1.42. The monoisotopic (exact) mass is 479 g/mol. The molecule has 0 spiro atoms. The summed E-state index contributed by atoms with van der Waals surface area (Å²) in [7, 11) is 0. The molecule has 164 valence electrons. The third-order valence-electron chi connectivity index (χ3n) is 4.59. The van der Waals surface area contributed by atoms with Gasteiger partial charge in [0.1, 0.15) is 11.5 Å². The molecule has 0 radical (unpaired) electrons. The third kappa shape index (κ3) is 4.16. The van der Waals surface area contributed by atoms with Crippen molar-refractivity contribution in [2.24, 2.45) is 5.73 Å². The van der Waals surface area contributed by atoms with Crippen molar-refractivity contribution in [1.82, 2.24) is 24.7 Å². The normalized spacial score (nSPS) is 10.9. The number of nitrogens with zero attached hydrogens (tertiary/aromatic N) is 4. The van der Waals surface area contributed by atoms with Gasteiger partial charge in [-0.3, -0.25) is 14.9 Å². The van der Waals surface area contributed by atoms with Crippen LogP contribution < -0.4 is 11.1 Å².